The van der Waals surface area contributed by atoms with Crippen molar-refractivity contribution in [2.45, 2.75) is 44.1 Å². The minimum absolute atomic E-state index is 0.0341. The lowest BCUT2D eigenvalue weighted by Crippen LogP contribution is -2.60. The molecule has 4 bridgehead atoms. The molecular formula is C20H24FN3OS. The maximum absolute atomic E-state index is 13.9. The fraction of sp³-hybridized carbons (Fsp3) is 0.600. The first-order chi connectivity index (χ1) is 12.5. The third-order valence-corrected chi connectivity index (χ3v) is 7.64. The first-order valence-corrected chi connectivity index (χ1v) is 10.4. The highest BCUT2D eigenvalue weighted by atomic mass is 32.1. The van der Waals surface area contributed by atoms with Crippen LogP contribution in [0.1, 0.15) is 38.5 Å². The monoisotopic (exact) mass is 373 g/mol. The summed E-state index contributed by atoms with van der Waals surface area (Å²) in [6, 6.07) is 4.98. The second-order valence-corrected chi connectivity index (χ2v) is 9.69. The van der Waals surface area contributed by atoms with Gasteiger partial charge < -0.3 is 10.2 Å². The number of carbonyl (C=O) groups excluding carboxylic acids is 1. The molecule has 0 radical (unpaired) electrons. The van der Waals surface area contributed by atoms with Crippen LogP contribution in [0.2, 0.25) is 0 Å². The van der Waals surface area contributed by atoms with Gasteiger partial charge in [0.05, 0.1) is 11.2 Å². The van der Waals surface area contributed by atoms with Crippen molar-refractivity contribution in [2.75, 3.05) is 18.5 Å². The first kappa shape index (κ1) is 16.5. The van der Waals surface area contributed by atoms with Crippen LogP contribution in [-0.2, 0) is 4.79 Å². The van der Waals surface area contributed by atoms with Gasteiger partial charge in [0.25, 0.3) is 0 Å². The molecule has 0 unspecified atom stereocenters. The fourth-order valence-corrected chi connectivity index (χ4v) is 6.89. The molecule has 4 aliphatic rings. The molecule has 1 aromatic carbocycles. The maximum Gasteiger partial charge on any atom is 0.240 e. The van der Waals surface area contributed by atoms with Gasteiger partial charge in [-0.2, -0.15) is 0 Å². The van der Waals surface area contributed by atoms with E-state index < -0.39 is 0 Å². The summed E-state index contributed by atoms with van der Waals surface area (Å²) in [6.45, 7) is 0.267. The molecular weight excluding hydrogens is 349 g/mol. The Morgan fingerprint density at radius 1 is 1.27 bits per heavy atom. The van der Waals surface area contributed by atoms with Gasteiger partial charge in [-0.15, -0.1) is 0 Å². The molecule has 6 heteroatoms. The van der Waals surface area contributed by atoms with Crippen molar-refractivity contribution in [3.63, 3.8) is 0 Å². The van der Waals surface area contributed by atoms with Crippen LogP contribution in [0.15, 0.2) is 18.2 Å². The number of hydrogen-bond donors (Lipinski definition) is 1. The van der Waals surface area contributed by atoms with Crippen LogP contribution >= 0.6 is 11.3 Å². The molecule has 0 atom stereocenters. The molecule has 4 aliphatic carbocycles. The lowest BCUT2D eigenvalue weighted by molar-refractivity contribution is -0.125. The van der Waals surface area contributed by atoms with Crippen LogP contribution < -0.4 is 10.2 Å². The Morgan fingerprint density at radius 2 is 1.92 bits per heavy atom. The molecule has 4 saturated carbocycles. The first-order valence-electron chi connectivity index (χ1n) is 9.57. The second kappa shape index (κ2) is 5.91. The van der Waals surface area contributed by atoms with E-state index in [1.54, 1.807) is 6.07 Å². The molecule has 0 saturated heterocycles. The number of carbonyl (C=O) groups is 1. The molecule has 0 spiro atoms. The largest absolute Gasteiger partial charge is 0.349 e. The third-order valence-electron chi connectivity index (χ3n) is 6.51. The van der Waals surface area contributed by atoms with E-state index in [1.165, 1.54) is 36.7 Å². The van der Waals surface area contributed by atoms with Crippen molar-refractivity contribution in [3.8, 4) is 0 Å². The molecule has 4 nitrogen and oxygen atoms in total. The number of hydrogen-bond acceptors (Lipinski definition) is 4. The van der Waals surface area contributed by atoms with Crippen LogP contribution in [0.4, 0.5) is 9.52 Å². The number of halogens is 1. The standard InChI is InChI=1S/C20H24FN3OS/c1-24(19-22-18-15(21)3-2-4-16(18)26-19)11-17(25)23-20-8-12-5-13(9-20)7-14(6-12)10-20/h2-4,12-14H,5-11H2,1H3,(H,23,25). The van der Waals surface area contributed by atoms with Crippen LogP contribution in [0.5, 0.6) is 0 Å². The fourth-order valence-electron chi connectivity index (χ4n) is 5.95. The summed E-state index contributed by atoms with van der Waals surface area (Å²) < 4.78 is 14.7. The summed E-state index contributed by atoms with van der Waals surface area (Å²) in [7, 11) is 1.86. The van der Waals surface area contributed by atoms with Crippen molar-refractivity contribution >= 4 is 32.6 Å². The zero-order chi connectivity index (χ0) is 17.9. The highest BCUT2D eigenvalue weighted by Gasteiger charge is 2.51. The molecule has 1 N–H and O–H groups in total. The topological polar surface area (TPSA) is 45.2 Å². The van der Waals surface area contributed by atoms with Crippen molar-refractivity contribution in [1.82, 2.24) is 10.3 Å². The number of anilines is 1. The van der Waals surface area contributed by atoms with E-state index in [0.29, 0.717) is 10.6 Å². The number of benzene rings is 1. The summed E-state index contributed by atoms with van der Waals surface area (Å²) in [5.41, 5.74) is 0.424. The zero-order valence-electron chi connectivity index (χ0n) is 15.0. The second-order valence-electron chi connectivity index (χ2n) is 8.69. The lowest BCUT2D eigenvalue weighted by Gasteiger charge is -2.57. The molecule has 4 fully saturated rings. The van der Waals surface area contributed by atoms with Gasteiger partial charge in [0.1, 0.15) is 11.3 Å². The van der Waals surface area contributed by atoms with Gasteiger partial charge in [0.15, 0.2) is 5.13 Å². The van der Waals surface area contributed by atoms with Gasteiger partial charge in [-0.3, -0.25) is 4.79 Å². The van der Waals surface area contributed by atoms with E-state index in [2.05, 4.69) is 10.3 Å². The predicted octanol–water partition coefficient (Wildman–Crippen LogP) is 3.96. The van der Waals surface area contributed by atoms with E-state index in [4.69, 9.17) is 0 Å². The van der Waals surface area contributed by atoms with Crippen molar-refractivity contribution in [1.29, 1.82) is 0 Å². The van der Waals surface area contributed by atoms with Gasteiger partial charge in [-0.25, -0.2) is 9.37 Å². The molecule has 6 rings (SSSR count). The molecule has 138 valence electrons. The van der Waals surface area contributed by atoms with E-state index in [-0.39, 0.29) is 23.8 Å². The van der Waals surface area contributed by atoms with Gasteiger partial charge in [-0.05, 0) is 68.4 Å². The Bertz CT molecular complexity index is 829. The number of nitrogens with one attached hydrogen (secondary N) is 1. The molecule has 26 heavy (non-hydrogen) atoms. The van der Waals surface area contributed by atoms with Crippen molar-refractivity contribution < 1.29 is 9.18 Å². The number of aromatic nitrogens is 1. The highest BCUT2D eigenvalue weighted by molar-refractivity contribution is 7.22. The van der Waals surface area contributed by atoms with E-state index in [9.17, 15) is 9.18 Å². The van der Waals surface area contributed by atoms with Gasteiger partial charge in [-0.1, -0.05) is 17.4 Å². The van der Waals surface area contributed by atoms with Crippen LogP contribution in [0, 0.1) is 23.6 Å². The van der Waals surface area contributed by atoms with E-state index >= 15 is 0 Å². The predicted molar refractivity (Wildman–Crippen MR) is 102 cm³/mol. The molecule has 0 aliphatic heterocycles. The summed E-state index contributed by atoms with van der Waals surface area (Å²) in [4.78, 5) is 19.0. The average molecular weight is 373 g/mol. The van der Waals surface area contributed by atoms with Gasteiger partial charge in [0.2, 0.25) is 5.91 Å². The lowest BCUT2D eigenvalue weighted by atomic mass is 9.53. The molecule has 1 aromatic heterocycles. The smallest absolute Gasteiger partial charge is 0.240 e. The van der Waals surface area contributed by atoms with E-state index in [1.807, 2.05) is 18.0 Å². The SMILES string of the molecule is CN(CC(=O)NC12CC3CC(CC(C3)C1)C2)c1nc2c(F)cccc2s1. The Labute approximate surface area is 156 Å². The molecule has 1 heterocycles. The van der Waals surface area contributed by atoms with E-state index in [0.717, 1.165) is 41.7 Å². The number of thiazole rings is 1. The minimum Gasteiger partial charge on any atom is -0.349 e. The van der Waals surface area contributed by atoms with Crippen LogP contribution in [-0.4, -0.2) is 30.0 Å². The summed E-state index contributed by atoms with van der Waals surface area (Å²) >= 11 is 1.43. The van der Waals surface area contributed by atoms with Crippen molar-refractivity contribution in [3.05, 3.63) is 24.0 Å². The third kappa shape index (κ3) is 2.79. The van der Waals surface area contributed by atoms with Crippen LogP contribution in [0.3, 0.4) is 0 Å². The van der Waals surface area contributed by atoms with Crippen molar-refractivity contribution in [2.24, 2.45) is 17.8 Å². The quantitative estimate of drug-likeness (QED) is 0.882. The number of amides is 1. The van der Waals surface area contributed by atoms with Crippen LogP contribution in [0.25, 0.3) is 10.2 Å². The summed E-state index contributed by atoms with van der Waals surface area (Å²) in [5.74, 6) is 2.19. The Balaban J connectivity index is 1.28. The Hall–Kier alpha value is -1.69. The summed E-state index contributed by atoms with van der Waals surface area (Å²) in [6.07, 6.45) is 7.56. The molecule has 1 amide bonds. The highest BCUT2D eigenvalue weighted by Crippen LogP contribution is 2.55. The average Bonchev–Trinajstić information content (AvgIpc) is 2.98. The normalized spacial score (nSPS) is 32.2. The number of nitrogens with zero attached hydrogens (tertiary/aromatic N) is 2. The maximum atomic E-state index is 13.9. The Kier molecular flexibility index (Phi) is 3.75. The number of fused-ring (bicyclic) bond motifs is 1. The minimum atomic E-state index is -0.309. The number of para-hydroxylation sites is 1. The van der Waals surface area contributed by atoms with Gasteiger partial charge >= 0.3 is 0 Å². The number of rotatable bonds is 4. The van der Waals surface area contributed by atoms with Gasteiger partial charge in [0, 0.05) is 12.6 Å². The number of likely N-dealkylation sites (N-methyl/N-ethyl adjacent to an activating group) is 1. The molecule has 2 aromatic rings. The zero-order valence-corrected chi connectivity index (χ0v) is 15.8. The summed E-state index contributed by atoms with van der Waals surface area (Å²) in [5, 5.41) is 4.08. The Morgan fingerprint density at radius 3 is 2.54 bits per heavy atom.